The molecule has 0 amide bonds. The summed E-state index contributed by atoms with van der Waals surface area (Å²) in [5.41, 5.74) is 2.73. The molecule has 19 heavy (non-hydrogen) atoms. The van der Waals surface area contributed by atoms with Crippen molar-refractivity contribution in [3.8, 4) is 11.4 Å². The number of aromatic nitrogens is 2. The van der Waals surface area contributed by atoms with Gasteiger partial charge in [-0.15, -0.1) is 11.6 Å². The molecular formula is C14H16Cl2N2O. The van der Waals surface area contributed by atoms with Crippen molar-refractivity contribution in [1.29, 1.82) is 0 Å². The second kappa shape index (κ2) is 5.85. The van der Waals surface area contributed by atoms with Crippen molar-refractivity contribution >= 4 is 23.2 Å². The Morgan fingerprint density at radius 1 is 1.26 bits per heavy atom. The predicted octanol–water partition coefficient (Wildman–Crippen LogP) is 4.40. The number of rotatable bonds is 4. The first kappa shape index (κ1) is 14.2. The minimum absolute atomic E-state index is 0.283. The van der Waals surface area contributed by atoms with Crippen molar-refractivity contribution in [3.05, 3.63) is 40.7 Å². The highest BCUT2D eigenvalue weighted by Gasteiger charge is 2.18. The van der Waals surface area contributed by atoms with Gasteiger partial charge in [0.1, 0.15) is 10.9 Å². The van der Waals surface area contributed by atoms with E-state index in [9.17, 15) is 0 Å². The molecule has 0 aliphatic carbocycles. The Morgan fingerprint density at radius 2 is 1.89 bits per heavy atom. The molecule has 2 rings (SSSR count). The van der Waals surface area contributed by atoms with E-state index >= 15 is 0 Å². The Balaban J connectivity index is 2.49. The highest BCUT2D eigenvalue weighted by molar-refractivity contribution is 6.31. The second-order valence-electron chi connectivity index (χ2n) is 4.55. The topological polar surface area (TPSA) is 27.1 Å². The molecule has 3 nitrogen and oxygen atoms in total. The summed E-state index contributed by atoms with van der Waals surface area (Å²) in [7, 11) is 1.64. The van der Waals surface area contributed by atoms with Crippen LogP contribution in [0.5, 0.6) is 5.75 Å². The molecule has 0 atom stereocenters. The molecule has 0 aliphatic heterocycles. The number of methoxy groups -OCH3 is 1. The Kier molecular flexibility index (Phi) is 4.38. The van der Waals surface area contributed by atoms with E-state index in [0.717, 1.165) is 22.7 Å². The average Bonchev–Trinajstić information content (AvgIpc) is 2.76. The lowest BCUT2D eigenvalue weighted by atomic mass is 10.1. The number of alkyl halides is 1. The minimum atomic E-state index is 0.283. The van der Waals surface area contributed by atoms with Crippen LogP contribution in [-0.4, -0.2) is 16.9 Å². The molecule has 0 unspecified atom stereocenters. The Hall–Kier alpha value is -1.19. The molecule has 1 aromatic carbocycles. The standard InChI is InChI=1S/C14H16Cl2N2O/c1-9(2)13-12(8-15)14(16)18(17-13)10-4-6-11(19-3)7-5-10/h4-7,9H,8H2,1-3H3. The molecular weight excluding hydrogens is 283 g/mol. The highest BCUT2D eigenvalue weighted by Crippen LogP contribution is 2.30. The van der Waals surface area contributed by atoms with E-state index in [4.69, 9.17) is 27.9 Å². The number of hydrogen-bond acceptors (Lipinski definition) is 2. The van der Waals surface area contributed by atoms with E-state index in [-0.39, 0.29) is 5.92 Å². The Morgan fingerprint density at radius 3 is 2.32 bits per heavy atom. The predicted molar refractivity (Wildman–Crippen MR) is 78.8 cm³/mol. The van der Waals surface area contributed by atoms with Crippen molar-refractivity contribution in [2.45, 2.75) is 25.6 Å². The number of benzene rings is 1. The molecule has 0 saturated heterocycles. The number of halogens is 2. The quantitative estimate of drug-likeness (QED) is 0.783. The molecule has 0 saturated carbocycles. The largest absolute Gasteiger partial charge is 0.497 e. The first-order chi connectivity index (χ1) is 9.08. The maximum Gasteiger partial charge on any atom is 0.137 e. The lowest BCUT2D eigenvalue weighted by Crippen LogP contribution is -1.98. The fraction of sp³-hybridized carbons (Fsp3) is 0.357. The van der Waals surface area contributed by atoms with Gasteiger partial charge in [-0.2, -0.15) is 5.10 Å². The molecule has 102 valence electrons. The van der Waals surface area contributed by atoms with Gasteiger partial charge in [-0.05, 0) is 30.2 Å². The Labute approximate surface area is 123 Å². The maximum absolute atomic E-state index is 6.37. The van der Waals surface area contributed by atoms with Crippen LogP contribution in [-0.2, 0) is 5.88 Å². The van der Waals surface area contributed by atoms with Crippen molar-refractivity contribution in [2.75, 3.05) is 7.11 Å². The number of ether oxygens (including phenoxy) is 1. The zero-order valence-corrected chi connectivity index (χ0v) is 12.7. The first-order valence-corrected chi connectivity index (χ1v) is 6.97. The van der Waals surface area contributed by atoms with E-state index in [1.807, 2.05) is 24.3 Å². The van der Waals surface area contributed by atoms with E-state index in [0.29, 0.717) is 11.0 Å². The molecule has 0 fully saturated rings. The average molecular weight is 299 g/mol. The molecule has 0 radical (unpaired) electrons. The zero-order chi connectivity index (χ0) is 14.0. The van der Waals surface area contributed by atoms with Gasteiger partial charge in [0.15, 0.2) is 0 Å². The molecule has 0 spiro atoms. The molecule has 5 heteroatoms. The Bertz CT molecular complexity index is 562. The van der Waals surface area contributed by atoms with Gasteiger partial charge in [0.2, 0.25) is 0 Å². The van der Waals surface area contributed by atoms with E-state index in [1.54, 1.807) is 11.8 Å². The van der Waals surface area contributed by atoms with Crippen molar-refractivity contribution in [1.82, 2.24) is 9.78 Å². The van der Waals surface area contributed by atoms with Gasteiger partial charge < -0.3 is 4.74 Å². The third-order valence-electron chi connectivity index (χ3n) is 2.95. The summed E-state index contributed by atoms with van der Waals surface area (Å²) in [6.45, 7) is 4.15. The van der Waals surface area contributed by atoms with Gasteiger partial charge in [-0.1, -0.05) is 25.4 Å². The van der Waals surface area contributed by atoms with Crippen LogP contribution in [0.4, 0.5) is 0 Å². The van der Waals surface area contributed by atoms with Gasteiger partial charge >= 0.3 is 0 Å². The highest BCUT2D eigenvalue weighted by atomic mass is 35.5. The van der Waals surface area contributed by atoms with Crippen LogP contribution < -0.4 is 4.74 Å². The number of hydrogen-bond donors (Lipinski definition) is 0. The van der Waals surface area contributed by atoms with Crippen LogP contribution in [0.2, 0.25) is 5.15 Å². The van der Waals surface area contributed by atoms with Crippen LogP contribution in [0.3, 0.4) is 0 Å². The minimum Gasteiger partial charge on any atom is -0.497 e. The SMILES string of the molecule is COc1ccc(-n2nc(C(C)C)c(CCl)c2Cl)cc1. The summed E-state index contributed by atoms with van der Waals surface area (Å²) in [6.07, 6.45) is 0. The van der Waals surface area contributed by atoms with Crippen LogP contribution in [0.15, 0.2) is 24.3 Å². The summed E-state index contributed by atoms with van der Waals surface area (Å²) in [6, 6.07) is 7.59. The summed E-state index contributed by atoms with van der Waals surface area (Å²) in [5, 5.41) is 5.14. The lowest BCUT2D eigenvalue weighted by Gasteiger charge is -2.05. The van der Waals surface area contributed by atoms with E-state index < -0.39 is 0 Å². The monoisotopic (exact) mass is 298 g/mol. The molecule has 1 aromatic heterocycles. The second-order valence-corrected chi connectivity index (χ2v) is 5.18. The summed E-state index contributed by atoms with van der Waals surface area (Å²) in [5.74, 6) is 1.45. The van der Waals surface area contributed by atoms with Crippen LogP contribution >= 0.6 is 23.2 Å². The van der Waals surface area contributed by atoms with E-state index in [2.05, 4.69) is 18.9 Å². The van der Waals surface area contributed by atoms with Gasteiger partial charge in [0.05, 0.1) is 24.4 Å². The fourth-order valence-corrected chi connectivity index (χ4v) is 2.56. The lowest BCUT2D eigenvalue weighted by molar-refractivity contribution is 0.414. The van der Waals surface area contributed by atoms with Gasteiger partial charge in [0.25, 0.3) is 0 Å². The van der Waals surface area contributed by atoms with Crippen molar-refractivity contribution in [2.24, 2.45) is 0 Å². The summed E-state index contributed by atoms with van der Waals surface area (Å²) < 4.78 is 6.86. The smallest absolute Gasteiger partial charge is 0.137 e. The van der Waals surface area contributed by atoms with Gasteiger partial charge in [-0.25, -0.2) is 4.68 Å². The molecule has 2 aromatic rings. The van der Waals surface area contributed by atoms with Crippen LogP contribution in [0, 0.1) is 0 Å². The van der Waals surface area contributed by atoms with Gasteiger partial charge in [0, 0.05) is 5.56 Å². The third-order valence-corrected chi connectivity index (χ3v) is 3.60. The summed E-state index contributed by atoms with van der Waals surface area (Å²) in [4.78, 5) is 0. The van der Waals surface area contributed by atoms with Crippen LogP contribution in [0.25, 0.3) is 5.69 Å². The molecule has 1 heterocycles. The third kappa shape index (κ3) is 2.72. The maximum atomic E-state index is 6.37. The molecule has 0 N–H and O–H groups in total. The fourth-order valence-electron chi connectivity index (χ4n) is 1.93. The molecule has 0 aliphatic rings. The summed E-state index contributed by atoms with van der Waals surface area (Å²) >= 11 is 12.3. The first-order valence-electron chi connectivity index (χ1n) is 6.06. The van der Waals surface area contributed by atoms with Crippen molar-refractivity contribution in [3.63, 3.8) is 0 Å². The van der Waals surface area contributed by atoms with E-state index in [1.165, 1.54) is 0 Å². The van der Waals surface area contributed by atoms with Crippen molar-refractivity contribution < 1.29 is 4.74 Å². The van der Waals surface area contributed by atoms with Crippen LogP contribution in [0.1, 0.15) is 31.0 Å². The zero-order valence-electron chi connectivity index (χ0n) is 11.2. The normalized spacial score (nSPS) is 11.1. The molecule has 0 bridgehead atoms. The number of nitrogens with zero attached hydrogens (tertiary/aromatic N) is 2. The van der Waals surface area contributed by atoms with Gasteiger partial charge in [-0.3, -0.25) is 0 Å².